The number of hydrogen-bond donors (Lipinski definition) is 0. The first-order valence-electron chi connectivity index (χ1n) is 7.49. The molecular weight excluding hydrogens is 370 g/mol. The number of aromatic nitrogens is 1. The van der Waals surface area contributed by atoms with Gasteiger partial charge in [-0.1, -0.05) is 24.3 Å². The second-order valence-electron chi connectivity index (χ2n) is 5.89. The molecule has 0 aliphatic heterocycles. The maximum atomic E-state index is 13.2. The Morgan fingerprint density at radius 1 is 0.962 bits per heavy atom. The summed E-state index contributed by atoms with van der Waals surface area (Å²) < 4.78 is 75.7. The third kappa shape index (κ3) is 3.70. The molecule has 1 aromatic heterocycles. The van der Waals surface area contributed by atoms with E-state index in [1.807, 2.05) is 0 Å². The van der Waals surface area contributed by atoms with Crippen LogP contribution in [0.2, 0.25) is 0 Å². The first kappa shape index (κ1) is 18.3. The largest absolute Gasteiger partial charge is 0.398 e. The predicted molar refractivity (Wildman–Crippen MR) is 89.2 cm³/mol. The number of allylic oxidation sites excluding steroid dienone is 4. The highest BCUT2D eigenvalue weighted by Gasteiger charge is 2.40. The van der Waals surface area contributed by atoms with E-state index in [9.17, 15) is 26.0 Å². The Morgan fingerprint density at radius 3 is 2.08 bits per heavy atom. The molecule has 2 aromatic rings. The minimum Gasteiger partial charge on any atom is -0.253 e. The molecule has 1 aliphatic rings. The maximum Gasteiger partial charge on any atom is 0.398 e. The van der Waals surface area contributed by atoms with Crippen LogP contribution in [0.25, 0.3) is 11.1 Å². The lowest BCUT2D eigenvalue weighted by molar-refractivity contribution is -0.148. The van der Waals surface area contributed by atoms with Crippen molar-refractivity contribution in [3.05, 3.63) is 71.8 Å². The van der Waals surface area contributed by atoms with Crippen molar-refractivity contribution in [2.45, 2.75) is 11.1 Å². The minimum absolute atomic E-state index is 0.0673. The first-order chi connectivity index (χ1) is 12.1. The normalized spacial score (nSPS) is 17.8. The summed E-state index contributed by atoms with van der Waals surface area (Å²) >= 11 is 0. The van der Waals surface area contributed by atoms with E-state index in [0.29, 0.717) is 5.56 Å². The lowest BCUT2D eigenvalue weighted by Crippen LogP contribution is -2.17. The van der Waals surface area contributed by atoms with Crippen LogP contribution in [0.5, 0.6) is 0 Å². The van der Waals surface area contributed by atoms with Crippen molar-refractivity contribution >= 4 is 21.0 Å². The molecule has 8 heteroatoms. The highest BCUT2D eigenvalue weighted by Crippen LogP contribution is 2.43. The Bertz CT molecular complexity index is 989. The van der Waals surface area contributed by atoms with Crippen molar-refractivity contribution < 1.29 is 26.0 Å². The van der Waals surface area contributed by atoms with Crippen LogP contribution in [0.15, 0.2) is 59.6 Å². The predicted octanol–water partition coefficient (Wildman–Crippen LogP) is 4.28. The summed E-state index contributed by atoms with van der Waals surface area (Å²) in [5.41, 5.74) is 1.11. The van der Waals surface area contributed by atoms with Gasteiger partial charge in [0.05, 0.1) is 22.7 Å². The molecule has 0 saturated heterocycles. The Hall–Kier alpha value is -2.48. The standard InChI is InChI=1S/C18H13F4NO2S/c1-26(24,25)14-5-2-11(3-6-14)15-8-12(18(20,21)22)9-16(15)17-7-4-13(19)10-23-17/h2-10,12H,1H3. The topological polar surface area (TPSA) is 47.0 Å². The minimum atomic E-state index is -4.47. The molecule has 3 rings (SSSR count). The number of sulfone groups is 1. The summed E-state index contributed by atoms with van der Waals surface area (Å²) in [6, 6.07) is 7.98. The summed E-state index contributed by atoms with van der Waals surface area (Å²) in [6.45, 7) is 0. The number of benzene rings is 1. The number of hydrogen-bond acceptors (Lipinski definition) is 3. The number of rotatable bonds is 3. The molecule has 0 saturated carbocycles. The van der Waals surface area contributed by atoms with Gasteiger partial charge in [0.1, 0.15) is 5.82 Å². The summed E-state index contributed by atoms with van der Waals surface area (Å²) in [6.07, 6.45) is -0.415. The van der Waals surface area contributed by atoms with Gasteiger partial charge in [-0.25, -0.2) is 12.8 Å². The van der Waals surface area contributed by atoms with Crippen LogP contribution in [-0.2, 0) is 9.84 Å². The molecular formula is C18H13F4NO2S. The van der Waals surface area contributed by atoms with Crippen LogP contribution < -0.4 is 0 Å². The second kappa shape index (κ2) is 6.35. The summed E-state index contributed by atoms with van der Waals surface area (Å²) in [5, 5.41) is 0. The molecule has 0 N–H and O–H groups in total. The van der Waals surface area contributed by atoms with E-state index in [0.717, 1.165) is 30.7 Å². The van der Waals surface area contributed by atoms with E-state index in [-0.39, 0.29) is 21.7 Å². The highest BCUT2D eigenvalue weighted by atomic mass is 32.2. The molecule has 1 aromatic carbocycles. The summed E-state index contributed by atoms with van der Waals surface area (Å²) in [7, 11) is -3.42. The van der Waals surface area contributed by atoms with E-state index in [4.69, 9.17) is 0 Å². The van der Waals surface area contributed by atoms with Crippen LogP contribution in [0.3, 0.4) is 0 Å². The lowest BCUT2D eigenvalue weighted by atomic mass is 9.98. The van der Waals surface area contributed by atoms with E-state index in [1.54, 1.807) is 0 Å². The fourth-order valence-corrected chi connectivity index (χ4v) is 3.30. The van der Waals surface area contributed by atoms with Crippen LogP contribution >= 0.6 is 0 Å². The van der Waals surface area contributed by atoms with Gasteiger partial charge in [0.15, 0.2) is 9.84 Å². The van der Waals surface area contributed by atoms with Gasteiger partial charge in [-0.05, 0) is 35.4 Å². The number of alkyl halides is 3. The van der Waals surface area contributed by atoms with Crippen molar-refractivity contribution in [2.24, 2.45) is 5.92 Å². The van der Waals surface area contributed by atoms with Gasteiger partial charge in [-0.2, -0.15) is 13.2 Å². The molecule has 3 nitrogen and oxygen atoms in total. The van der Waals surface area contributed by atoms with Crippen LogP contribution in [0.1, 0.15) is 11.3 Å². The molecule has 0 fully saturated rings. The lowest BCUT2D eigenvalue weighted by Gasteiger charge is -2.09. The molecule has 0 bridgehead atoms. The van der Waals surface area contributed by atoms with Gasteiger partial charge < -0.3 is 0 Å². The van der Waals surface area contributed by atoms with Gasteiger partial charge in [0.25, 0.3) is 0 Å². The maximum absolute atomic E-state index is 13.2. The van der Waals surface area contributed by atoms with Crippen LogP contribution in [0, 0.1) is 11.7 Å². The molecule has 136 valence electrons. The highest BCUT2D eigenvalue weighted by molar-refractivity contribution is 7.90. The van der Waals surface area contributed by atoms with E-state index in [2.05, 4.69) is 4.98 Å². The van der Waals surface area contributed by atoms with Crippen LogP contribution in [-0.4, -0.2) is 25.8 Å². The molecule has 1 unspecified atom stereocenters. The summed E-state index contributed by atoms with van der Waals surface area (Å²) in [4.78, 5) is 3.93. The van der Waals surface area contributed by atoms with Crippen molar-refractivity contribution in [3.63, 3.8) is 0 Å². The monoisotopic (exact) mass is 383 g/mol. The zero-order valence-electron chi connectivity index (χ0n) is 13.5. The van der Waals surface area contributed by atoms with E-state index < -0.39 is 27.7 Å². The Balaban J connectivity index is 2.07. The molecule has 1 aliphatic carbocycles. The summed E-state index contributed by atoms with van der Waals surface area (Å²) in [5.74, 6) is -2.39. The van der Waals surface area contributed by atoms with Gasteiger partial charge >= 0.3 is 6.18 Å². The van der Waals surface area contributed by atoms with Gasteiger partial charge in [-0.15, -0.1) is 0 Å². The van der Waals surface area contributed by atoms with Gasteiger partial charge in [-0.3, -0.25) is 4.98 Å². The van der Waals surface area contributed by atoms with Crippen molar-refractivity contribution in [1.82, 2.24) is 4.98 Å². The van der Waals surface area contributed by atoms with E-state index in [1.165, 1.54) is 30.3 Å². The Labute approximate surface area is 147 Å². The molecule has 1 atom stereocenters. The van der Waals surface area contributed by atoms with Crippen molar-refractivity contribution in [3.8, 4) is 0 Å². The molecule has 0 amide bonds. The van der Waals surface area contributed by atoms with Crippen molar-refractivity contribution in [2.75, 3.05) is 6.26 Å². The third-order valence-corrected chi connectivity index (χ3v) is 5.09. The molecule has 0 radical (unpaired) electrons. The first-order valence-corrected chi connectivity index (χ1v) is 9.38. The number of pyridine rings is 1. The fraction of sp³-hybridized carbons (Fsp3) is 0.167. The average molecular weight is 383 g/mol. The fourth-order valence-electron chi connectivity index (χ4n) is 2.67. The molecule has 1 heterocycles. The molecule has 0 spiro atoms. The third-order valence-electron chi connectivity index (χ3n) is 3.96. The van der Waals surface area contributed by atoms with E-state index >= 15 is 0 Å². The second-order valence-corrected chi connectivity index (χ2v) is 7.90. The Kier molecular flexibility index (Phi) is 4.47. The SMILES string of the molecule is CS(=O)(=O)c1ccc(C2=CC(C(F)(F)F)C=C2c2ccc(F)cn2)cc1. The van der Waals surface area contributed by atoms with Crippen molar-refractivity contribution in [1.29, 1.82) is 0 Å². The quantitative estimate of drug-likeness (QED) is 0.743. The number of nitrogens with zero attached hydrogens (tertiary/aromatic N) is 1. The number of halogens is 4. The smallest absolute Gasteiger partial charge is 0.253 e. The Morgan fingerprint density at radius 2 is 1.58 bits per heavy atom. The zero-order chi connectivity index (χ0) is 19.1. The van der Waals surface area contributed by atoms with Gasteiger partial charge in [0, 0.05) is 11.8 Å². The average Bonchev–Trinajstić information content (AvgIpc) is 3.00. The molecule has 26 heavy (non-hydrogen) atoms. The zero-order valence-corrected chi connectivity index (χ0v) is 14.3. The van der Waals surface area contributed by atoms with Crippen LogP contribution in [0.4, 0.5) is 17.6 Å². The van der Waals surface area contributed by atoms with Gasteiger partial charge in [0.2, 0.25) is 0 Å².